The number of halogens is 5. The molecule has 1 heterocycles. The van der Waals surface area contributed by atoms with E-state index >= 15 is 0 Å². The molecule has 3 aromatic rings. The van der Waals surface area contributed by atoms with E-state index in [2.05, 4.69) is 9.46 Å². The Hall–Kier alpha value is -2.98. The minimum atomic E-state index is -4.78. The van der Waals surface area contributed by atoms with Gasteiger partial charge in [-0.15, -0.1) is 13.2 Å². The van der Waals surface area contributed by atoms with Crippen molar-refractivity contribution in [3.63, 3.8) is 0 Å². The summed E-state index contributed by atoms with van der Waals surface area (Å²) in [5.74, 6) is -1.16. The number of alkyl halides is 3. The molecule has 2 atom stereocenters. The van der Waals surface area contributed by atoms with Crippen molar-refractivity contribution in [2.24, 2.45) is 5.92 Å². The second-order valence-corrected chi connectivity index (χ2v) is 9.87. The summed E-state index contributed by atoms with van der Waals surface area (Å²) >= 11 is -1.63. The molecule has 0 radical (unpaired) electrons. The Morgan fingerprint density at radius 1 is 0.914 bits per heavy atom. The Bertz CT molecular complexity index is 1210. The van der Waals surface area contributed by atoms with Crippen molar-refractivity contribution in [2.45, 2.75) is 25.1 Å². The molecule has 4 nitrogen and oxygen atoms in total. The zero-order chi connectivity index (χ0) is 24.7. The number of hydrogen-bond donors (Lipinski definition) is 1. The van der Waals surface area contributed by atoms with Crippen molar-refractivity contribution in [3.8, 4) is 16.9 Å². The molecule has 5 rings (SSSR count). The van der Waals surface area contributed by atoms with E-state index in [1.54, 1.807) is 16.4 Å². The third-order valence-electron chi connectivity index (χ3n) is 6.41. The van der Waals surface area contributed by atoms with Gasteiger partial charge in [-0.05, 0) is 89.5 Å². The number of ether oxygens (including phenoxy) is 1. The van der Waals surface area contributed by atoms with Gasteiger partial charge in [0.05, 0.1) is 0 Å². The van der Waals surface area contributed by atoms with Gasteiger partial charge in [-0.2, -0.15) is 0 Å². The van der Waals surface area contributed by atoms with Gasteiger partial charge < -0.3 is 4.74 Å². The molecule has 1 saturated heterocycles. The summed E-state index contributed by atoms with van der Waals surface area (Å²) in [6.45, 7) is 1.05. The predicted molar refractivity (Wildman–Crippen MR) is 123 cm³/mol. The predicted octanol–water partition coefficient (Wildman–Crippen LogP) is 6.38. The second-order valence-electron chi connectivity index (χ2n) is 8.65. The quantitative estimate of drug-likeness (QED) is 0.407. The van der Waals surface area contributed by atoms with Gasteiger partial charge in [0, 0.05) is 24.7 Å². The molecule has 35 heavy (non-hydrogen) atoms. The minimum absolute atomic E-state index is 0.0629. The summed E-state index contributed by atoms with van der Waals surface area (Å²) in [6, 6.07) is 14.2. The van der Waals surface area contributed by atoms with Crippen molar-refractivity contribution in [1.29, 1.82) is 0 Å². The lowest BCUT2D eigenvalue weighted by Gasteiger charge is -2.35. The highest BCUT2D eigenvalue weighted by Gasteiger charge is 2.38. The van der Waals surface area contributed by atoms with E-state index in [9.17, 15) is 26.2 Å². The lowest BCUT2D eigenvalue weighted by atomic mass is 9.80. The van der Waals surface area contributed by atoms with Crippen LogP contribution in [-0.2, 0) is 11.2 Å². The molecule has 1 aliphatic heterocycles. The minimum Gasteiger partial charge on any atom is -0.406 e. The molecule has 0 saturated carbocycles. The number of anilines is 1. The third kappa shape index (κ3) is 5.04. The number of hydrogen-bond acceptors (Lipinski definition) is 2. The van der Waals surface area contributed by atoms with E-state index < -0.39 is 17.5 Å². The summed E-state index contributed by atoms with van der Waals surface area (Å²) in [6.07, 6.45) is -3.15. The summed E-state index contributed by atoms with van der Waals surface area (Å²) in [5, 5.41) is 0. The van der Waals surface area contributed by atoms with Crippen LogP contribution in [0.3, 0.4) is 0 Å². The summed E-state index contributed by atoms with van der Waals surface area (Å²) in [5.41, 5.74) is 3.61. The fourth-order valence-corrected chi connectivity index (χ4v) is 6.12. The van der Waals surface area contributed by atoms with Gasteiger partial charge in [-0.1, -0.05) is 12.1 Å². The largest absolute Gasteiger partial charge is 0.573 e. The molecule has 0 spiro atoms. The standard InChI is InChI=1S/C25H21F5N2O2S/c26-16-3-9-20-22(12-16)23-13-17(27)4-10-21(23)24(20)15-2-1-11-32(14-15)35(33)31-18-5-7-19(8-6-18)34-25(28,29)30/h3-10,12-13,15,24,31H,1-2,11,14H2. The molecule has 1 aliphatic carbocycles. The van der Waals surface area contributed by atoms with Crippen LogP contribution < -0.4 is 9.46 Å². The first-order chi connectivity index (χ1) is 16.7. The van der Waals surface area contributed by atoms with Crippen molar-refractivity contribution in [1.82, 2.24) is 4.31 Å². The number of nitrogens with one attached hydrogen (secondary N) is 1. The molecule has 0 bridgehead atoms. The third-order valence-corrected chi connectivity index (χ3v) is 7.62. The van der Waals surface area contributed by atoms with E-state index in [1.807, 2.05) is 0 Å². The van der Waals surface area contributed by atoms with E-state index in [1.165, 1.54) is 36.4 Å². The van der Waals surface area contributed by atoms with Crippen LogP contribution in [0.1, 0.15) is 29.9 Å². The maximum absolute atomic E-state index is 14.0. The van der Waals surface area contributed by atoms with Crippen LogP contribution in [0, 0.1) is 17.6 Å². The summed E-state index contributed by atoms with van der Waals surface area (Å²) in [7, 11) is 0. The lowest BCUT2D eigenvalue weighted by molar-refractivity contribution is -0.274. The van der Waals surface area contributed by atoms with Gasteiger partial charge >= 0.3 is 6.36 Å². The van der Waals surface area contributed by atoms with Gasteiger partial charge in [0.2, 0.25) is 0 Å². The Labute approximate surface area is 201 Å². The summed E-state index contributed by atoms with van der Waals surface area (Å²) in [4.78, 5) is 0. The Kier molecular flexibility index (Phi) is 6.27. The van der Waals surface area contributed by atoms with Crippen LogP contribution in [0.15, 0.2) is 60.7 Å². The van der Waals surface area contributed by atoms with Crippen LogP contribution in [0.2, 0.25) is 0 Å². The van der Waals surface area contributed by atoms with Crippen LogP contribution in [0.4, 0.5) is 27.6 Å². The van der Waals surface area contributed by atoms with Gasteiger partial charge in [0.1, 0.15) is 17.4 Å². The van der Waals surface area contributed by atoms with Gasteiger partial charge in [0.25, 0.3) is 0 Å². The Morgan fingerprint density at radius 2 is 1.51 bits per heavy atom. The van der Waals surface area contributed by atoms with Crippen LogP contribution in [-0.4, -0.2) is 28.0 Å². The molecule has 1 N–H and O–H groups in total. The van der Waals surface area contributed by atoms with E-state index in [4.69, 9.17) is 0 Å². The number of benzene rings is 3. The maximum Gasteiger partial charge on any atom is 0.573 e. The summed E-state index contributed by atoms with van der Waals surface area (Å²) < 4.78 is 86.6. The number of nitrogens with zero attached hydrogens (tertiary/aromatic N) is 1. The first-order valence-corrected chi connectivity index (χ1v) is 12.2. The molecular weight excluding hydrogens is 487 g/mol. The second kappa shape index (κ2) is 9.23. The fraction of sp³-hybridized carbons (Fsp3) is 0.280. The van der Waals surface area contributed by atoms with Crippen molar-refractivity contribution >= 4 is 16.9 Å². The number of piperidine rings is 1. The van der Waals surface area contributed by atoms with Crippen LogP contribution >= 0.6 is 0 Å². The average Bonchev–Trinajstić information content (AvgIpc) is 3.12. The lowest BCUT2D eigenvalue weighted by Crippen LogP contribution is -2.40. The first-order valence-electron chi connectivity index (χ1n) is 11.1. The highest BCUT2D eigenvalue weighted by atomic mass is 32.2. The van der Waals surface area contributed by atoms with E-state index in [0.717, 1.165) is 36.1 Å². The smallest absolute Gasteiger partial charge is 0.406 e. The topological polar surface area (TPSA) is 41.6 Å². The van der Waals surface area contributed by atoms with Crippen molar-refractivity contribution in [3.05, 3.63) is 83.4 Å². The monoisotopic (exact) mass is 508 g/mol. The molecule has 10 heteroatoms. The highest BCUT2D eigenvalue weighted by Crippen LogP contribution is 2.50. The molecule has 2 unspecified atom stereocenters. The van der Waals surface area contributed by atoms with Gasteiger partial charge in [-0.3, -0.25) is 4.72 Å². The Balaban J connectivity index is 1.33. The normalized spacial score (nSPS) is 19.2. The van der Waals surface area contributed by atoms with E-state index in [-0.39, 0.29) is 29.2 Å². The molecular formula is C25H21F5N2O2S. The number of fused-ring (bicyclic) bond motifs is 3. The zero-order valence-electron chi connectivity index (χ0n) is 18.3. The van der Waals surface area contributed by atoms with Crippen LogP contribution in [0.5, 0.6) is 5.75 Å². The van der Waals surface area contributed by atoms with Gasteiger partial charge in [-0.25, -0.2) is 17.3 Å². The van der Waals surface area contributed by atoms with E-state index in [0.29, 0.717) is 29.9 Å². The number of rotatable bonds is 5. The Morgan fingerprint density at radius 3 is 2.09 bits per heavy atom. The molecule has 3 aromatic carbocycles. The molecule has 0 amide bonds. The SMILES string of the molecule is O=S(Nc1ccc(OC(F)(F)F)cc1)N1CCCC(C2c3ccc(F)cc3-c3cc(F)ccc32)C1. The van der Waals surface area contributed by atoms with Crippen molar-refractivity contribution < 1.29 is 30.9 Å². The highest BCUT2D eigenvalue weighted by molar-refractivity contribution is 7.84. The van der Waals surface area contributed by atoms with Gasteiger partial charge in [0.15, 0.2) is 11.2 Å². The maximum atomic E-state index is 14.0. The molecule has 1 fully saturated rings. The fourth-order valence-electron chi connectivity index (χ4n) is 5.03. The molecule has 2 aliphatic rings. The molecule has 184 valence electrons. The van der Waals surface area contributed by atoms with Crippen molar-refractivity contribution in [2.75, 3.05) is 17.8 Å². The first kappa shape index (κ1) is 23.7. The average molecular weight is 509 g/mol. The molecule has 0 aromatic heterocycles. The van der Waals surface area contributed by atoms with Crippen LogP contribution in [0.25, 0.3) is 11.1 Å². The zero-order valence-corrected chi connectivity index (χ0v) is 19.1.